The number of aromatic nitrogens is 1. The van der Waals surface area contributed by atoms with Gasteiger partial charge in [-0.15, -0.1) is 0 Å². The summed E-state index contributed by atoms with van der Waals surface area (Å²) in [6.45, 7) is 3.31. The molecule has 3 saturated heterocycles. The number of hydrogen-bond donors (Lipinski definition) is 2. The molecule has 1 aromatic carbocycles. The molecule has 26 heavy (non-hydrogen) atoms. The third-order valence-corrected chi connectivity index (χ3v) is 6.76. The second-order valence-electron chi connectivity index (χ2n) is 8.08. The van der Waals surface area contributed by atoms with Gasteiger partial charge in [-0.3, -0.25) is 4.79 Å². The maximum atomic E-state index is 13.7. The SMILES string of the molecule is Cc1[nH]c2ccc(F)cc2c1CC(=O)N1C[C@H]2[C@@H](CO)[C@@H]3CC[C@@]2(C1)O3. The van der Waals surface area contributed by atoms with E-state index in [2.05, 4.69) is 4.98 Å². The number of halogens is 1. The fourth-order valence-electron chi connectivity index (χ4n) is 5.47. The van der Waals surface area contributed by atoms with Gasteiger partial charge in [0.1, 0.15) is 5.82 Å². The summed E-state index contributed by atoms with van der Waals surface area (Å²) < 4.78 is 19.9. The number of fused-ring (bicyclic) bond motifs is 2. The fraction of sp³-hybridized carbons (Fsp3) is 0.550. The van der Waals surface area contributed by atoms with Crippen LogP contribution in [0, 0.1) is 24.6 Å². The first-order valence-corrected chi connectivity index (χ1v) is 9.34. The molecule has 4 heterocycles. The van der Waals surface area contributed by atoms with Crippen molar-refractivity contribution >= 4 is 16.8 Å². The van der Waals surface area contributed by atoms with Crippen LogP contribution < -0.4 is 0 Å². The highest BCUT2D eigenvalue weighted by Crippen LogP contribution is 2.54. The van der Waals surface area contributed by atoms with Crippen molar-refractivity contribution in [3.05, 3.63) is 35.3 Å². The van der Waals surface area contributed by atoms with E-state index in [1.54, 1.807) is 6.07 Å². The molecule has 2 N–H and O–H groups in total. The summed E-state index contributed by atoms with van der Waals surface area (Å²) in [5, 5.41) is 10.5. The number of carbonyl (C=O) groups excluding carboxylic acids is 1. The minimum atomic E-state index is -0.295. The van der Waals surface area contributed by atoms with Crippen molar-refractivity contribution < 1.29 is 19.0 Å². The normalized spacial score (nSPS) is 32.6. The Hall–Kier alpha value is -1.92. The van der Waals surface area contributed by atoms with Gasteiger partial charge in [-0.2, -0.15) is 0 Å². The van der Waals surface area contributed by atoms with E-state index in [9.17, 15) is 14.3 Å². The quantitative estimate of drug-likeness (QED) is 0.884. The first-order chi connectivity index (χ1) is 12.5. The molecule has 2 bridgehead atoms. The van der Waals surface area contributed by atoms with Crippen LogP contribution in [-0.2, 0) is 16.0 Å². The average Bonchev–Trinajstić information content (AvgIpc) is 3.33. The van der Waals surface area contributed by atoms with Crippen molar-refractivity contribution in [2.24, 2.45) is 11.8 Å². The molecule has 3 fully saturated rings. The zero-order valence-electron chi connectivity index (χ0n) is 14.8. The topological polar surface area (TPSA) is 65.6 Å². The van der Waals surface area contributed by atoms with Gasteiger partial charge >= 0.3 is 0 Å². The number of carbonyl (C=O) groups is 1. The number of benzene rings is 1. The Labute approximate surface area is 151 Å². The van der Waals surface area contributed by atoms with Crippen molar-refractivity contribution in [2.75, 3.05) is 19.7 Å². The van der Waals surface area contributed by atoms with Crippen molar-refractivity contribution in [1.82, 2.24) is 9.88 Å². The molecule has 1 amide bonds. The lowest BCUT2D eigenvalue weighted by Gasteiger charge is -2.27. The lowest BCUT2D eigenvalue weighted by Crippen LogP contribution is -2.38. The lowest BCUT2D eigenvalue weighted by molar-refractivity contribution is -0.131. The van der Waals surface area contributed by atoms with Gasteiger partial charge < -0.3 is 19.7 Å². The Balaban J connectivity index is 1.39. The maximum Gasteiger partial charge on any atom is 0.227 e. The number of likely N-dealkylation sites (tertiary alicyclic amines) is 1. The van der Waals surface area contributed by atoms with Gasteiger partial charge in [0.15, 0.2) is 0 Å². The summed E-state index contributed by atoms with van der Waals surface area (Å²) in [6.07, 6.45) is 2.36. The van der Waals surface area contributed by atoms with Crippen molar-refractivity contribution in [1.29, 1.82) is 0 Å². The minimum Gasteiger partial charge on any atom is -0.396 e. The molecule has 0 radical (unpaired) electrons. The van der Waals surface area contributed by atoms with Gasteiger partial charge in [-0.1, -0.05) is 0 Å². The Morgan fingerprint density at radius 1 is 1.50 bits per heavy atom. The van der Waals surface area contributed by atoms with Gasteiger partial charge in [-0.25, -0.2) is 4.39 Å². The van der Waals surface area contributed by atoms with Crippen molar-refractivity contribution in [2.45, 2.75) is 37.9 Å². The second-order valence-corrected chi connectivity index (χ2v) is 8.08. The van der Waals surface area contributed by atoms with E-state index in [1.165, 1.54) is 12.1 Å². The van der Waals surface area contributed by atoms with Crippen LogP contribution in [-0.4, -0.2) is 52.3 Å². The molecular weight excluding hydrogens is 335 g/mol. The zero-order chi connectivity index (χ0) is 18.1. The zero-order valence-corrected chi connectivity index (χ0v) is 14.8. The van der Waals surface area contributed by atoms with Crippen LogP contribution >= 0.6 is 0 Å². The Morgan fingerprint density at radius 2 is 2.35 bits per heavy atom. The maximum absolute atomic E-state index is 13.7. The molecule has 5 nitrogen and oxygen atoms in total. The Kier molecular flexibility index (Phi) is 3.46. The predicted molar refractivity (Wildman–Crippen MR) is 94.2 cm³/mol. The Bertz CT molecular complexity index is 895. The summed E-state index contributed by atoms with van der Waals surface area (Å²) in [6, 6.07) is 4.63. The van der Waals surface area contributed by atoms with Gasteiger partial charge in [0, 0.05) is 41.6 Å². The number of H-pyrrole nitrogens is 1. The fourth-order valence-corrected chi connectivity index (χ4v) is 5.47. The van der Waals surface area contributed by atoms with E-state index in [0.29, 0.717) is 13.1 Å². The summed E-state index contributed by atoms with van der Waals surface area (Å²) in [5.74, 6) is 0.129. The van der Waals surface area contributed by atoms with Crippen LogP contribution in [0.25, 0.3) is 10.9 Å². The van der Waals surface area contributed by atoms with Crippen LogP contribution in [0.5, 0.6) is 0 Å². The molecule has 2 aromatic rings. The van der Waals surface area contributed by atoms with Crippen molar-refractivity contribution in [3.8, 4) is 0 Å². The molecule has 138 valence electrons. The van der Waals surface area contributed by atoms with Crippen LogP contribution in [0.1, 0.15) is 24.1 Å². The molecule has 0 unspecified atom stereocenters. The number of amides is 1. The number of aliphatic hydroxyl groups is 1. The molecule has 1 spiro atoms. The smallest absolute Gasteiger partial charge is 0.227 e. The summed E-state index contributed by atoms with van der Waals surface area (Å²) in [4.78, 5) is 18.1. The standard InChI is InChI=1S/C20H23FN2O3/c1-11-13(14-6-12(21)2-3-17(14)22-11)7-19(25)23-8-16-15(9-24)18-4-5-20(16,10-23)26-18/h2-3,6,15-16,18,22,24H,4-5,7-10H2,1H3/t15-,16+,18+,20+/m1/s1. The van der Waals surface area contributed by atoms with E-state index in [1.807, 2.05) is 11.8 Å². The molecule has 3 aliphatic rings. The molecule has 1 aromatic heterocycles. The van der Waals surface area contributed by atoms with Crippen LogP contribution in [0.2, 0.25) is 0 Å². The second kappa shape index (κ2) is 5.54. The average molecular weight is 358 g/mol. The summed E-state index contributed by atoms with van der Waals surface area (Å²) in [7, 11) is 0. The van der Waals surface area contributed by atoms with E-state index in [4.69, 9.17) is 4.74 Å². The molecule has 5 rings (SSSR count). The van der Waals surface area contributed by atoms with Gasteiger partial charge in [0.05, 0.1) is 24.7 Å². The van der Waals surface area contributed by atoms with Gasteiger partial charge in [0.25, 0.3) is 0 Å². The van der Waals surface area contributed by atoms with Crippen LogP contribution in [0.15, 0.2) is 18.2 Å². The van der Waals surface area contributed by atoms with E-state index >= 15 is 0 Å². The highest BCUT2D eigenvalue weighted by Gasteiger charge is 2.63. The van der Waals surface area contributed by atoms with Crippen LogP contribution in [0.4, 0.5) is 4.39 Å². The number of aryl methyl sites for hydroxylation is 1. The largest absolute Gasteiger partial charge is 0.396 e. The molecule has 3 aliphatic heterocycles. The number of nitrogens with zero attached hydrogens (tertiary/aromatic N) is 1. The highest BCUT2D eigenvalue weighted by molar-refractivity contribution is 5.90. The van der Waals surface area contributed by atoms with E-state index in [0.717, 1.165) is 35.0 Å². The number of aromatic amines is 1. The number of hydrogen-bond acceptors (Lipinski definition) is 3. The third kappa shape index (κ3) is 2.18. The third-order valence-electron chi connectivity index (χ3n) is 6.76. The summed E-state index contributed by atoms with van der Waals surface area (Å²) >= 11 is 0. The summed E-state index contributed by atoms with van der Waals surface area (Å²) in [5.41, 5.74) is 2.37. The molecule has 4 atom stereocenters. The number of nitrogens with one attached hydrogen (secondary N) is 1. The first-order valence-electron chi connectivity index (χ1n) is 9.34. The van der Waals surface area contributed by atoms with Crippen LogP contribution in [0.3, 0.4) is 0 Å². The molecule has 6 heteroatoms. The lowest BCUT2D eigenvalue weighted by atomic mass is 9.74. The minimum absolute atomic E-state index is 0.0470. The van der Waals surface area contributed by atoms with Gasteiger partial charge in [0.2, 0.25) is 5.91 Å². The highest BCUT2D eigenvalue weighted by atomic mass is 19.1. The molecule has 0 aliphatic carbocycles. The molecular formula is C20H23FN2O3. The first kappa shape index (κ1) is 16.3. The van der Waals surface area contributed by atoms with Crippen molar-refractivity contribution in [3.63, 3.8) is 0 Å². The van der Waals surface area contributed by atoms with E-state index in [-0.39, 0.29) is 48.3 Å². The monoisotopic (exact) mass is 358 g/mol. The Morgan fingerprint density at radius 3 is 3.15 bits per heavy atom. The van der Waals surface area contributed by atoms with Gasteiger partial charge in [-0.05, 0) is 43.5 Å². The van der Waals surface area contributed by atoms with E-state index < -0.39 is 0 Å². The number of rotatable bonds is 3. The number of aliphatic hydroxyl groups excluding tert-OH is 1. The predicted octanol–water partition coefficient (Wildman–Crippen LogP) is 2.16. The number of ether oxygens (including phenoxy) is 1. The molecule has 0 saturated carbocycles.